The van der Waals surface area contributed by atoms with Gasteiger partial charge < -0.3 is 11.1 Å². The molecule has 0 fully saturated rings. The van der Waals surface area contributed by atoms with Crippen molar-refractivity contribution in [1.29, 1.82) is 0 Å². The van der Waals surface area contributed by atoms with Crippen molar-refractivity contribution in [2.24, 2.45) is 5.73 Å². The van der Waals surface area contributed by atoms with Crippen LogP contribution in [0.1, 0.15) is 26.2 Å². The van der Waals surface area contributed by atoms with Crippen LogP contribution in [0.4, 0.5) is 10.1 Å². The Labute approximate surface area is 105 Å². The zero-order valence-electron chi connectivity index (χ0n) is 9.67. The van der Waals surface area contributed by atoms with Gasteiger partial charge in [0.15, 0.2) is 0 Å². The minimum absolute atomic E-state index is 0.0893. The first-order valence-electron chi connectivity index (χ1n) is 5.49. The maximum atomic E-state index is 13.0. The molecule has 94 valence electrons. The van der Waals surface area contributed by atoms with Crippen LogP contribution in [0, 0.1) is 5.82 Å². The maximum Gasteiger partial charge on any atom is 0.224 e. The molecular formula is C12H16ClFN2O. The van der Waals surface area contributed by atoms with Crippen molar-refractivity contribution in [3.8, 4) is 0 Å². The fourth-order valence-corrected chi connectivity index (χ4v) is 1.66. The highest BCUT2D eigenvalue weighted by Gasteiger charge is 2.05. The number of carbonyl (C=O) groups is 1. The van der Waals surface area contributed by atoms with E-state index in [0.29, 0.717) is 18.5 Å². The summed E-state index contributed by atoms with van der Waals surface area (Å²) in [5.41, 5.74) is 5.95. The van der Waals surface area contributed by atoms with Gasteiger partial charge in [0.2, 0.25) is 5.91 Å². The Hall–Kier alpha value is -1.13. The molecule has 1 atom stereocenters. The molecule has 0 bridgehead atoms. The highest BCUT2D eigenvalue weighted by molar-refractivity contribution is 6.30. The molecule has 0 aromatic heterocycles. The van der Waals surface area contributed by atoms with Gasteiger partial charge in [-0.05, 0) is 38.0 Å². The maximum absolute atomic E-state index is 13.0. The van der Waals surface area contributed by atoms with Gasteiger partial charge in [-0.25, -0.2) is 4.39 Å². The molecule has 1 aromatic rings. The molecule has 3 N–H and O–H groups in total. The first-order chi connectivity index (χ1) is 7.97. The van der Waals surface area contributed by atoms with Crippen LogP contribution in [-0.4, -0.2) is 11.9 Å². The second kappa shape index (κ2) is 6.57. The lowest BCUT2D eigenvalue weighted by atomic mass is 10.1. The third kappa shape index (κ3) is 5.65. The molecule has 5 heteroatoms. The molecule has 3 nitrogen and oxygen atoms in total. The molecule has 17 heavy (non-hydrogen) atoms. The second-order valence-corrected chi connectivity index (χ2v) is 4.51. The van der Waals surface area contributed by atoms with Crippen molar-refractivity contribution in [3.63, 3.8) is 0 Å². The molecule has 0 radical (unpaired) electrons. The number of nitrogens with two attached hydrogens (primary N) is 1. The SMILES string of the molecule is CC(N)CCCC(=O)Nc1cc(F)cc(Cl)c1. The number of hydrogen-bond acceptors (Lipinski definition) is 2. The Morgan fingerprint density at radius 2 is 2.24 bits per heavy atom. The van der Waals surface area contributed by atoms with Gasteiger partial charge in [-0.1, -0.05) is 11.6 Å². The number of hydrogen-bond donors (Lipinski definition) is 2. The first-order valence-corrected chi connectivity index (χ1v) is 5.86. The molecule has 0 saturated carbocycles. The second-order valence-electron chi connectivity index (χ2n) is 4.08. The monoisotopic (exact) mass is 258 g/mol. The van der Waals surface area contributed by atoms with Gasteiger partial charge in [0.1, 0.15) is 5.82 Å². The summed E-state index contributed by atoms with van der Waals surface area (Å²) in [5.74, 6) is -0.629. The lowest BCUT2D eigenvalue weighted by molar-refractivity contribution is -0.116. The largest absolute Gasteiger partial charge is 0.328 e. The van der Waals surface area contributed by atoms with Crippen LogP contribution >= 0.6 is 11.6 Å². The summed E-state index contributed by atoms with van der Waals surface area (Å²) >= 11 is 5.67. The van der Waals surface area contributed by atoms with Crippen molar-refractivity contribution in [3.05, 3.63) is 29.0 Å². The Balaban J connectivity index is 2.45. The predicted molar refractivity (Wildman–Crippen MR) is 67.5 cm³/mol. The topological polar surface area (TPSA) is 55.1 Å². The third-order valence-corrected chi connectivity index (χ3v) is 2.43. The van der Waals surface area contributed by atoms with Crippen LogP contribution in [0.5, 0.6) is 0 Å². The van der Waals surface area contributed by atoms with E-state index in [1.165, 1.54) is 18.2 Å². The molecule has 1 amide bonds. The van der Waals surface area contributed by atoms with Gasteiger partial charge in [0.05, 0.1) is 0 Å². The molecule has 1 rings (SSSR count). The van der Waals surface area contributed by atoms with Crippen LogP contribution in [0.3, 0.4) is 0 Å². The fraction of sp³-hybridized carbons (Fsp3) is 0.417. The average molecular weight is 259 g/mol. The molecule has 0 aliphatic heterocycles. The van der Waals surface area contributed by atoms with E-state index < -0.39 is 5.82 Å². The number of carbonyl (C=O) groups excluding carboxylic acids is 1. The Kier molecular flexibility index (Phi) is 5.38. The van der Waals surface area contributed by atoms with E-state index in [9.17, 15) is 9.18 Å². The van der Waals surface area contributed by atoms with Gasteiger partial charge >= 0.3 is 0 Å². The van der Waals surface area contributed by atoms with Crippen molar-refractivity contribution in [1.82, 2.24) is 0 Å². The number of amides is 1. The Morgan fingerprint density at radius 1 is 1.53 bits per heavy atom. The fourth-order valence-electron chi connectivity index (χ4n) is 1.43. The van der Waals surface area contributed by atoms with Crippen LogP contribution in [-0.2, 0) is 4.79 Å². The molecular weight excluding hydrogens is 243 g/mol. The summed E-state index contributed by atoms with van der Waals surface area (Å²) in [7, 11) is 0. The number of benzene rings is 1. The van der Waals surface area contributed by atoms with E-state index in [-0.39, 0.29) is 17.0 Å². The van der Waals surface area contributed by atoms with Gasteiger partial charge in [0.25, 0.3) is 0 Å². The average Bonchev–Trinajstić information content (AvgIpc) is 2.14. The van der Waals surface area contributed by atoms with E-state index in [4.69, 9.17) is 17.3 Å². The highest BCUT2D eigenvalue weighted by atomic mass is 35.5. The number of anilines is 1. The standard InChI is InChI=1S/C12H16ClFN2O/c1-8(15)3-2-4-12(17)16-11-6-9(13)5-10(14)7-11/h5-8H,2-4,15H2,1H3,(H,16,17). The van der Waals surface area contributed by atoms with Crippen LogP contribution in [0.25, 0.3) is 0 Å². The van der Waals surface area contributed by atoms with Crippen molar-refractivity contribution >= 4 is 23.2 Å². The minimum atomic E-state index is -0.469. The van der Waals surface area contributed by atoms with Gasteiger partial charge in [-0.2, -0.15) is 0 Å². The number of rotatable bonds is 5. The lowest BCUT2D eigenvalue weighted by Gasteiger charge is -2.07. The van der Waals surface area contributed by atoms with E-state index >= 15 is 0 Å². The summed E-state index contributed by atoms with van der Waals surface area (Å²) in [6, 6.07) is 4.02. The molecule has 1 unspecified atom stereocenters. The summed E-state index contributed by atoms with van der Waals surface area (Å²) in [6.07, 6.45) is 1.87. The van der Waals surface area contributed by atoms with E-state index in [2.05, 4.69) is 5.32 Å². The van der Waals surface area contributed by atoms with E-state index in [1.807, 2.05) is 6.92 Å². The third-order valence-electron chi connectivity index (χ3n) is 2.21. The van der Waals surface area contributed by atoms with E-state index in [1.54, 1.807) is 0 Å². The molecule has 0 spiro atoms. The van der Waals surface area contributed by atoms with E-state index in [0.717, 1.165) is 6.42 Å². The van der Waals surface area contributed by atoms with Crippen molar-refractivity contribution < 1.29 is 9.18 Å². The molecule has 0 aliphatic rings. The zero-order valence-corrected chi connectivity index (χ0v) is 10.4. The van der Waals surface area contributed by atoms with Crippen molar-refractivity contribution in [2.45, 2.75) is 32.2 Å². The minimum Gasteiger partial charge on any atom is -0.328 e. The van der Waals surface area contributed by atoms with Crippen LogP contribution in [0.2, 0.25) is 5.02 Å². The molecule has 0 aliphatic carbocycles. The number of nitrogens with one attached hydrogen (secondary N) is 1. The van der Waals surface area contributed by atoms with Gasteiger partial charge in [-0.15, -0.1) is 0 Å². The van der Waals surface area contributed by atoms with Gasteiger partial charge in [-0.3, -0.25) is 4.79 Å². The summed E-state index contributed by atoms with van der Waals surface area (Å²) in [5, 5.41) is 2.85. The molecule has 0 heterocycles. The first kappa shape index (κ1) is 13.9. The normalized spacial score (nSPS) is 12.2. The summed E-state index contributed by atoms with van der Waals surface area (Å²) in [4.78, 5) is 11.5. The molecule has 1 aromatic carbocycles. The van der Waals surface area contributed by atoms with Gasteiger partial charge in [0, 0.05) is 23.2 Å². The lowest BCUT2D eigenvalue weighted by Crippen LogP contribution is -2.16. The Bertz CT molecular complexity index is 376. The van der Waals surface area contributed by atoms with Crippen LogP contribution < -0.4 is 11.1 Å². The van der Waals surface area contributed by atoms with Crippen LogP contribution in [0.15, 0.2) is 18.2 Å². The summed E-state index contributed by atoms with van der Waals surface area (Å²) in [6.45, 7) is 1.89. The molecule has 0 saturated heterocycles. The smallest absolute Gasteiger partial charge is 0.224 e. The zero-order chi connectivity index (χ0) is 12.8. The quantitative estimate of drug-likeness (QED) is 0.853. The van der Waals surface area contributed by atoms with Crippen molar-refractivity contribution in [2.75, 3.05) is 5.32 Å². The highest BCUT2D eigenvalue weighted by Crippen LogP contribution is 2.18. The Morgan fingerprint density at radius 3 is 2.82 bits per heavy atom. The predicted octanol–water partition coefficient (Wildman–Crippen LogP) is 2.94. The number of halogens is 2. The summed E-state index contributed by atoms with van der Waals surface area (Å²) < 4.78 is 13.0.